The first-order chi connectivity index (χ1) is 17.1. The second-order valence-electron chi connectivity index (χ2n) is 7.37. The van der Waals surface area contributed by atoms with Gasteiger partial charge in [-0.05, 0) is 48.5 Å². The largest absolute Gasteiger partial charge is 0.478 e. The Hall–Kier alpha value is -4.58. The Balaban J connectivity index is 1.54. The smallest absolute Gasteiger partial charge is 0.416 e. The predicted molar refractivity (Wildman–Crippen MR) is 127 cm³/mol. The van der Waals surface area contributed by atoms with E-state index in [9.17, 15) is 33.0 Å². The Morgan fingerprint density at radius 2 is 1.53 bits per heavy atom. The molecule has 0 saturated heterocycles. The van der Waals surface area contributed by atoms with Crippen molar-refractivity contribution in [1.82, 2.24) is 4.98 Å². The molecule has 0 fully saturated rings. The molecule has 0 aliphatic carbocycles. The predicted octanol–water partition coefficient (Wildman–Crippen LogP) is 7.38. The number of nitrogens with one attached hydrogen (secondary N) is 1. The van der Waals surface area contributed by atoms with E-state index in [0.717, 1.165) is 18.2 Å². The van der Waals surface area contributed by atoms with Gasteiger partial charge in [-0.15, -0.1) is 11.3 Å². The number of nitrogens with zero attached hydrogens (tertiary/aromatic N) is 3. The van der Waals surface area contributed by atoms with Gasteiger partial charge < -0.3 is 15.5 Å². The van der Waals surface area contributed by atoms with Crippen LogP contribution in [0.25, 0.3) is 11.3 Å². The van der Waals surface area contributed by atoms with Crippen molar-refractivity contribution in [2.45, 2.75) is 6.18 Å². The Kier molecular flexibility index (Phi) is 6.79. The summed E-state index contributed by atoms with van der Waals surface area (Å²) in [5, 5.41) is 31.4. The number of hydrogen-bond acceptors (Lipinski definition) is 7. The van der Waals surface area contributed by atoms with E-state index in [4.69, 9.17) is 0 Å². The number of aromatic nitrogens is 1. The van der Waals surface area contributed by atoms with Crippen molar-refractivity contribution < 1.29 is 33.0 Å². The van der Waals surface area contributed by atoms with Gasteiger partial charge in [0.2, 0.25) is 0 Å². The van der Waals surface area contributed by atoms with Crippen LogP contribution in [-0.2, 0) is 6.18 Å². The minimum atomic E-state index is -4.45. The van der Waals surface area contributed by atoms with Crippen molar-refractivity contribution in [3.8, 4) is 11.3 Å². The highest BCUT2D eigenvalue weighted by molar-refractivity contribution is 7.14. The van der Waals surface area contributed by atoms with Gasteiger partial charge in [-0.1, -0.05) is 18.2 Å². The van der Waals surface area contributed by atoms with E-state index in [1.165, 1.54) is 35.6 Å². The van der Waals surface area contributed by atoms with Crippen molar-refractivity contribution in [2.24, 2.45) is 10.2 Å². The number of aromatic carboxylic acids is 2. The first-order valence-electron chi connectivity index (χ1n) is 10.1. The molecule has 3 aromatic carbocycles. The highest BCUT2D eigenvalue weighted by atomic mass is 32.1. The van der Waals surface area contributed by atoms with Gasteiger partial charge in [0, 0.05) is 16.6 Å². The molecule has 0 aliphatic heterocycles. The molecule has 0 bridgehead atoms. The lowest BCUT2D eigenvalue weighted by Crippen LogP contribution is -2.05. The van der Waals surface area contributed by atoms with Crippen LogP contribution in [0.2, 0.25) is 0 Å². The minimum Gasteiger partial charge on any atom is -0.478 e. The second-order valence-corrected chi connectivity index (χ2v) is 8.23. The standard InChI is InChI=1S/C24H15F3N4O4S/c25-24(26,27)16-4-2-5-17(11-16)28-23-29-20(12-36-23)13-3-1-6-18(8-13)30-31-19-9-14(21(32)33)7-15(10-19)22(34)35/h1-12H,(H,28,29)(H,32,33)(H,34,35)/b31-30-. The third kappa shape index (κ3) is 5.91. The van der Waals surface area contributed by atoms with Crippen LogP contribution in [0.1, 0.15) is 26.3 Å². The van der Waals surface area contributed by atoms with E-state index >= 15 is 0 Å². The lowest BCUT2D eigenvalue weighted by molar-refractivity contribution is -0.137. The van der Waals surface area contributed by atoms with E-state index < -0.39 is 23.7 Å². The zero-order chi connectivity index (χ0) is 25.9. The Morgan fingerprint density at radius 1 is 0.861 bits per heavy atom. The molecule has 0 spiro atoms. The van der Waals surface area contributed by atoms with Gasteiger partial charge in [-0.2, -0.15) is 23.4 Å². The summed E-state index contributed by atoms with van der Waals surface area (Å²) in [6, 6.07) is 15.0. The number of anilines is 2. The maximum atomic E-state index is 12.9. The second kappa shape index (κ2) is 9.96. The van der Waals surface area contributed by atoms with Gasteiger partial charge in [-0.25, -0.2) is 14.6 Å². The van der Waals surface area contributed by atoms with Crippen LogP contribution in [0, 0.1) is 0 Å². The molecule has 4 rings (SSSR count). The van der Waals surface area contributed by atoms with Crippen molar-refractivity contribution in [3.05, 3.63) is 88.8 Å². The number of benzene rings is 3. The number of carboxylic acid groups (broad SMARTS) is 2. The quantitative estimate of drug-likeness (QED) is 0.222. The monoisotopic (exact) mass is 512 g/mol. The van der Waals surface area contributed by atoms with Gasteiger partial charge in [0.05, 0.1) is 33.8 Å². The molecule has 36 heavy (non-hydrogen) atoms. The molecule has 4 aromatic rings. The SMILES string of the molecule is O=C(O)c1cc(/N=N\c2cccc(-c3csc(Nc4cccc(C(F)(F)F)c4)n3)c2)cc(C(=O)O)c1. The molecule has 0 amide bonds. The Labute approximate surface area is 205 Å². The number of thiazole rings is 1. The highest BCUT2D eigenvalue weighted by Gasteiger charge is 2.30. The van der Waals surface area contributed by atoms with Crippen LogP contribution in [-0.4, -0.2) is 27.1 Å². The van der Waals surface area contributed by atoms with E-state index in [1.54, 1.807) is 29.6 Å². The first-order valence-corrected chi connectivity index (χ1v) is 11.0. The number of azo groups is 1. The van der Waals surface area contributed by atoms with Gasteiger partial charge >= 0.3 is 18.1 Å². The summed E-state index contributed by atoms with van der Waals surface area (Å²) in [6.07, 6.45) is -4.45. The fourth-order valence-electron chi connectivity index (χ4n) is 3.12. The number of carboxylic acids is 2. The summed E-state index contributed by atoms with van der Waals surface area (Å²) < 4.78 is 38.8. The fourth-order valence-corrected chi connectivity index (χ4v) is 3.86. The molecule has 0 saturated carbocycles. The highest BCUT2D eigenvalue weighted by Crippen LogP contribution is 2.33. The third-order valence-corrected chi connectivity index (χ3v) is 5.54. The van der Waals surface area contributed by atoms with Crippen molar-refractivity contribution in [2.75, 3.05) is 5.32 Å². The summed E-state index contributed by atoms with van der Waals surface area (Å²) in [5.74, 6) is -2.59. The summed E-state index contributed by atoms with van der Waals surface area (Å²) in [5.41, 5.74) is 0.661. The lowest BCUT2D eigenvalue weighted by atomic mass is 10.1. The molecule has 0 aliphatic rings. The van der Waals surface area contributed by atoms with Crippen molar-refractivity contribution >= 4 is 45.5 Å². The molecule has 12 heteroatoms. The first kappa shape index (κ1) is 24.5. The molecule has 0 atom stereocenters. The van der Waals surface area contributed by atoms with Crippen LogP contribution in [0.4, 0.5) is 35.4 Å². The summed E-state index contributed by atoms with van der Waals surface area (Å²) in [7, 11) is 0. The molecule has 0 radical (unpaired) electrons. The molecule has 3 N–H and O–H groups in total. The van der Waals surface area contributed by atoms with E-state index in [2.05, 4.69) is 20.5 Å². The molecular weight excluding hydrogens is 497 g/mol. The van der Waals surface area contributed by atoms with Gasteiger partial charge in [0.25, 0.3) is 0 Å². The van der Waals surface area contributed by atoms with E-state index in [-0.39, 0.29) is 22.5 Å². The number of rotatable bonds is 7. The Morgan fingerprint density at radius 3 is 2.19 bits per heavy atom. The fraction of sp³-hybridized carbons (Fsp3) is 0.0417. The van der Waals surface area contributed by atoms with Crippen LogP contribution >= 0.6 is 11.3 Å². The van der Waals surface area contributed by atoms with Crippen molar-refractivity contribution in [1.29, 1.82) is 0 Å². The maximum absolute atomic E-state index is 12.9. The average Bonchev–Trinajstić information content (AvgIpc) is 3.31. The van der Waals surface area contributed by atoms with Crippen LogP contribution in [0.3, 0.4) is 0 Å². The van der Waals surface area contributed by atoms with Crippen molar-refractivity contribution in [3.63, 3.8) is 0 Å². The van der Waals surface area contributed by atoms with E-state index in [0.29, 0.717) is 22.1 Å². The zero-order valence-corrected chi connectivity index (χ0v) is 18.8. The molecule has 1 aromatic heterocycles. The summed E-state index contributed by atoms with van der Waals surface area (Å²) in [4.78, 5) is 26.9. The molecule has 8 nitrogen and oxygen atoms in total. The molecule has 182 valence electrons. The van der Waals surface area contributed by atoms with E-state index in [1.807, 2.05) is 0 Å². The number of hydrogen-bond donors (Lipinski definition) is 3. The average molecular weight is 512 g/mol. The number of carbonyl (C=O) groups is 2. The van der Waals surface area contributed by atoms with Crippen LogP contribution in [0.5, 0.6) is 0 Å². The summed E-state index contributed by atoms with van der Waals surface area (Å²) in [6.45, 7) is 0. The van der Waals surface area contributed by atoms with Crippen LogP contribution in [0.15, 0.2) is 82.3 Å². The molecule has 1 heterocycles. The normalized spacial score (nSPS) is 11.5. The summed E-state index contributed by atoms with van der Waals surface area (Å²) >= 11 is 1.21. The van der Waals surface area contributed by atoms with Gasteiger partial charge in [0.1, 0.15) is 0 Å². The number of alkyl halides is 3. The topological polar surface area (TPSA) is 124 Å². The van der Waals surface area contributed by atoms with Gasteiger partial charge in [-0.3, -0.25) is 0 Å². The third-order valence-electron chi connectivity index (χ3n) is 4.78. The minimum absolute atomic E-state index is 0.0546. The lowest BCUT2D eigenvalue weighted by Gasteiger charge is -2.08. The zero-order valence-electron chi connectivity index (χ0n) is 18.0. The Bertz CT molecular complexity index is 1450. The molecular formula is C24H15F3N4O4S. The molecule has 0 unspecified atom stereocenters. The van der Waals surface area contributed by atoms with Gasteiger partial charge in [0.15, 0.2) is 5.13 Å². The van der Waals surface area contributed by atoms with Crippen LogP contribution < -0.4 is 5.32 Å². The number of halogens is 3. The maximum Gasteiger partial charge on any atom is 0.416 e.